The van der Waals surface area contributed by atoms with Crippen molar-refractivity contribution in [3.05, 3.63) is 442 Å². The molecular weight excluding hydrogens is 1630 g/mol. The number of esters is 5. The first-order valence-electron chi connectivity index (χ1n) is 43.1. The summed E-state index contributed by atoms with van der Waals surface area (Å²) in [6.07, 6.45) is 0. The van der Waals surface area contributed by atoms with Gasteiger partial charge in [-0.1, -0.05) is 289 Å². The smallest absolute Gasteiger partial charge is 0.308 e. The summed E-state index contributed by atoms with van der Waals surface area (Å²) < 4.78 is 53.0. The maximum absolute atomic E-state index is 11.7. The fraction of sp³-hybridized carbons (Fsp3) is 0.181. The minimum atomic E-state index is -0.552. The third-order valence-corrected chi connectivity index (χ3v) is 23.0. The molecule has 0 N–H and O–H groups in total. The number of hydrogen-bond acceptors (Lipinski definition) is 15. The van der Waals surface area contributed by atoms with Gasteiger partial charge in [0.15, 0.2) is 0 Å². The van der Waals surface area contributed by atoms with Crippen LogP contribution in [0.15, 0.2) is 370 Å². The van der Waals surface area contributed by atoms with Crippen LogP contribution in [0, 0.1) is 13.8 Å². The Balaban J connectivity index is 0.000000160. The first-order valence-corrected chi connectivity index (χ1v) is 43.1. The van der Waals surface area contributed by atoms with Crippen molar-refractivity contribution in [3.8, 4) is 90.9 Å². The Bertz CT molecular complexity index is 6240. The molecule has 0 amide bonds. The van der Waals surface area contributed by atoms with Crippen molar-refractivity contribution in [2.75, 3.05) is 35.5 Å². The number of rotatable bonds is 24. The topological polar surface area (TPSA) is 178 Å². The summed E-state index contributed by atoms with van der Waals surface area (Å²) in [6.45, 7) is 22.0. The van der Waals surface area contributed by atoms with Crippen molar-refractivity contribution in [2.24, 2.45) is 0 Å². The first kappa shape index (κ1) is 96.3. The lowest BCUT2D eigenvalue weighted by Gasteiger charge is -2.37. The van der Waals surface area contributed by atoms with Gasteiger partial charge in [0.25, 0.3) is 0 Å². The third-order valence-electron chi connectivity index (χ3n) is 23.0. The number of carbonyl (C=O) groups is 5. The van der Waals surface area contributed by atoms with E-state index in [-0.39, 0.29) is 46.1 Å². The lowest BCUT2D eigenvalue weighted by Crippen LogP contribution is -2.31. The molecule has 15 nitrogen and oxygen atoms in total. The van der Waals surface area contributed by atoms with E-state index in [0.29, 0.717) is 28.7 Å². The Morgan fingerprint density at radius 3 is 0.763 bits per heavy atom. The molecule has 0 radical (unpaired) electrons. The second-order valence-electron chi connectivity index (χ2n) is 32.5. The summed E-state index contributed by atoms with van der Waals surface area (Å²) >= 11 is 0. The standard InChI is InChI=1S/C30H28O3.C28H24O3.C23H22O3.C20H24O3.C15H14O3/c1-21(31)33-29-18-16-25(20-27(29)23-13-9-6-10-14-23)30(2,3)24-15-17-28(32-4)26(19-24)22-11-7-5-8-12-22;1-21(29)31-27-19-15-25(16-20-27)28(22-9-5-3-6-10-22,23-11-7-4-8-12-23)24-13-17-26(30-2)18-14-24;1-17(24)26-22-15-11-20(12-16-22)23(2,18-7-5-4-6-8-18)19-9-13-21(25-3)14-10-19;1-13-11-16(7-9-18(13)22-6)20(4,5)17-8-10-19(14(2)12-17)23-15(3)21;1-11(16)18-15-9-5-13(6-10-15)12-3-7-14(17-2)8-4-12/h5-20H,1-4H3;3-20H,1-2H3;4-16H,1-3H3;7-12H,1-6H3;3-10H,1-2H3. The SMILES string of the molecule is COc1ccc(-c2ccc(OC(C)=O)cc2)cc1.COc1ccc(C(C)(C)c2ccc(OC(C)=O)c(-c3ccccc3)c2)cc1-c1ccccc1.COc1ccc(C(C)(C)c2ccc(OC(C)=O)c(C)c2)cc1C.COc1ccc(C(C)(c2ccccc2)c2ccc(OC(C)=O)cc2)cc1.COc1ccc(C(c2ccccc2)(c2ccccc2)c2ccc(OC(C)=O)cc2)cc1. The zero-order valence-corrected chi connectivity index (χ0v) is 77.3. The number of methoxy groups -OCH3 is 5. The van der Waals surface area contributed by atoms with Crippen LogP contribution in [0.4, 0.5) is 0 Å². The largest absolute Gasteiger partial charge is 0.497 e. The molecule has 0 bridgehead atoms. The molecule has 0 aliphatic rings. The van der Waals surface area contributed by atoms with Crippen LogP contribution >= 0.6 is 0 Å². The van der Waals surface area contributed by atoms with Gasteiger partial charge in [0.2, 0.25) is 0 Å². The molecule has 0 heterocycles. The quantitative estimate of drug-likeness (QED) is 0.0317. The summed E-state index contributed by atoms with van der Waals surface area (Å²) in [5, 5.41) is 0. The normalized spacial score (nSPS) is 11.3. The third kappa shape index (κ3) is 24.3. The second kappa shape index (κ2) is 44.9. The summed E-state index contributed by atoms with van der Waals surface area (Å²) in [4.78, 5) is 56.2. The molecule has 0 fully saturated rings. The van der Waals surface area contributed by atoms with E-state index in [4.69, 9.17) is 47.4 Å². The molecular formula is C116H112O15. The molecule has 1 atom stereocenters. The van der Waals surface area contributed by atoms with E-state index in [0.717, 1.165) is 112 Å². The maximum atomic E-state index is 11.7. The van der Waals surface area contributed by atoms with Crippen LogP contribution in [0.5, 0.6) is 57.5 Å². The van der Waals surface area contributed by atoms with Crippen molar-refractivity contribution in [2.45, 2.75) is 105 Å². The average Bonchev–Trinajstić information content (AvgIpc) is 0.732. The molecule has 15 aromatic carbocycles. The van der Waals surface area contributed by atoms with Crippen LogP contribution in [0.25, 0.3) is 33.4 Å². The number of benzene rings is 15. The lowest BCUT2D eigenvalue weighted by atomic mass is 9.65. The van der Waals surface area contributed by atoms with E-state index in [1.54, 1.807) is 47.7 Å². The molecule has 666 valence electrons. The van der Waals surface area contributed by atoms with E-state index in [2.05, 4.69) is 168 Å². The molecule has 0 aliphatic heterocycles. The molecule has 131 heavy (non-hydrogen) atoms. The number of hydrogen-bond donors (Lipinski definition) is 0. The van der Waals surface area contributed by atoms with E-state index in [9.17, 15) is 24.0 Å². The Labute approximate surface area is 770 Å². The fourth-order valence-electron chi connectivity index (χ4n) is 15.9. The molecule has 0 saturated heterocycles. The van der Waals surface area contributed by atoms with Crippen LogP contribution < -0.4 is 47.4 Å². The Hall–Kier alpha value is -15.4. The van der Waals surface area contributed by atoms with E-state index >= 15 is 0 Å². The molecule has 0 aliphatic carbocycles. The number of carbonyl (C=O) groups excluding carboxylic acids is 5. The second-order valence-corrected chi connectivity index (χ2v) is 32.5. The van der Waals surface area contributed by atoms with Crippen LogP contribution in [-0.2, 0) is 45.6 Å². The highest BCUT2D eigenvalue weighted by Gasteiger charge is 2.39. The highest BCUT2D eigenvalue weighted by Crippen LogP contribution is 2.48. The Kier molecular flexibility index (Phi) is 33.0. The summed E-state index contributed by atoms with van der Waals surface area (Å²) in [7, 11) is 8.36. The average molecular weight is 1750 g/mol. The van der Waals surface area contributed by atoms with Gasteiger partial charge in [-0.15, -0.1) is 0 Å². The van der Waals surface area contributed by atoms with Gasteiger partial charge in [-0.3, -0.25) is 24.0 Å². The number of ether oxygens (including phenoxy) is 10. The van der Waals surface area contributed by atoms with E-state index < -0.39 is 5.41 Å². The molecule has 15 heteroatoms. The number of aryl methyl sites for hydroxylation is 2. The molecule has 15 aromatic rings. The van der Waals surface area contributed by atoms with Gasteiger partial charge in [0, 0.05) is 62.0 Å². The summed E-state index contributed by atoms with van der Waals surface area (Å²) in [5.41, 5.74) is 19.6. The van der Waals surface area contributed by atoms with Crippen molar-refractivity contribution >= 4 is 29.8 Å². The highest BCUT2D eigenvalue weighted by atomic mass is 16.6. The predicted molar refractivity (Wildman–Crippen MR) is 521 cm³/mol. The van der Waals surface area contributed by atoms with Crippen molar-refractivity contribution in [1.82, 2.24) is 0 Å². The zero-order chi connectivity index (χ0) is 93.8. The van der Waals surface area contributed by atoms with Crippen molar-refractivity contribution in [3.63, 3.8) is 0 Å². The van der Waals surface area contributed by atoms with Crippen LogP contribution in [0.2, 0.25) is 0 Å². The zero-order valence-electron chi connectivity index (χ0n) is 77.3. The minimum Gasteiger partial charge on any atom is -0.497 e. The molecule has 0 aromatic heterocycles. The summed E-state index contributed by atoms with van der Waals surface area (Å²) in [5.74, 6) is 5.41. The minimum absolute atomic E-state index is 0.156. The van der Waals surface area contributed by atoms with Gasteiger partial charge in [-0.2, -0.15) is 0 Å². The van der Waals surface area contributed by atoms with Gasteiger partial charge < -0.3 is 47.4 Å². The van der Waals surface area contributed by atoms with Gasteiger partial charge >= 0.3 is 29.8 Å². The van der Waals surface area contributed by atoms with Crippen LogP contribution in [0.1, 0.15) is 142 Å². The fourth-order valence-corrected chi connectivity index (χ4v) is 15.9. The molecule has 15 rings (SSSR count). The van der Waals surface area contributed by atoms with E-state index in [1.165, 1.54) is 56.9 Å². The van der Waals surface area contributed by atoms with Crippen molar-refractivity contribution in [1.29, 1.82) is 0 Å². The first-order chi connectivity index (χ1) is 63.0. The summed E-state index contributed by atoms with van der Waals surface area (Å²) in [6, 6.07) is 123. The maximum Gasteiger partial charge on any atom is 0.308 e. The van der Waals surface area contributed by atoms with E-state index in [1.807, 2.05) is 238 Å². The van der Waals surface area contributed by atoms with Gasteiger partial charge in [-0.25, -0.2) is 0 Å². The lowest BCUT2D eigenvalue weighted by molar-refractivity contribution is -0.132. The Morgan fingerprint density at radius 2 is 0.443 bits per heavy atom. The molecule has 0 spiro atoms. The predicted octanol–water partition coefficient (Wildman–Crippen LogP) is 26.1. The monoisotopic (exact) mass is 1740 g/mol. The van der Waals surface area contributed by atoms with Crippen molar-refractivity contribution < 1.29 is 71.3 Å². The van der Waals surface area contributed by atoms with Gasteiger partial charge in [-0.05, 0) is 225 Å². The van der Waals surface area contributed by atoms with Gasteiger partial charge in [0.05, 0.1) is 41.0 Å². The highest BCUT2D eigenvalue weighted by molar-refractivity contribution is 5.79. The van der Waals surface area contributed by atoms with Gasteiger partial charge in [0.1, 0.15) is 57.5 Å². The molecule has 0 saturated carbocycles. The van der Waals surface area contributed by atoms with Crippen LogP contribution in [-0.4, -0.2) is 65.4 Å². The Morgan fingerprint density at radius 1 is 0.206 bits per heavy atom. The molecule has 1 unspecified atom stereocenters. The van der Waals surface area contributed by atoms with Crippen LogP contribution in [0.3, 0.4) is 0 Å².